The molecule has 1 aromatic carbocycles. The van der Waals surface area contributed by atoms with Crippen molar-refractivity contribution in [1.82, 2.24) is 4.90 Å². The topological polar surface area (TPSA) is 70.7 Å². The van der Waals surface area contributed by atoms with Crippen molar-refractivity contribution in [3.8, 4) is 0 Å². The maximum atomic E-state index is 12.6. The largest absolute Gasteiger partial charge is 0.369 e. The van der Waals surface area contributed by atoms with Crippen LogP contribution in [0.1, 0.15) is 25.7 Å². The van der Waals surface area contributed by atoms with Gasteiger partial charge < -0.3 is 20.3 Å². The summed E-state index contributed by atoms with van der Waals surface area (Å²) in [6, 6.07) is 7.72. The Morgan fingerprint density at radius 2 is 1.96 bits per heavy atom. The van der Waals surface area contributed by atoms with Gasteiger partial charge in [-0.2, -0.15) is 0 Å². The number of rotatable bonds is 1. The molecule has 2 fully saturated rings. The summed E-state index contributed by atoms with van der Waals surface area (Å²) in [7, 11) is 0. The lowest BCUT2D eigenvalue weighted by Gasteiger charge is -2.44. The first-order valence-corrected chi connectivity index (χ1v) is 8.27. The van der Waals surface area contributed by atoms with Crippen LogP contribution in [-0.4, -0.2) is 48.1 Å². The van der Waals surface area contributed by atoms with Gasteiger partial charge in [0.2, 0.25) is 5.91 Å². The second kappa shape index (κ2) is 5.53. The molecule has 0 unspecified atom stereocenters. The molecule has 0 bridgehead atoms. The summed E-state index contributed by atoms with van der Waals surface area (Å²) in [5, 5.41) is 6.40. The van der Waals surface area contributed by atoms with Gasteiger partial charge in [0.05, 0.1) is 11.4 Å². The first-order valence-electron chi connectivity index (χ1n) is 8.27. The number of carbonyl (C=O) groups excluding carboxylic acids is 2. The summed E-state index contributed by atoms with van der Waals surface area (Å²) in [5.41, 5.74) is 1.16. The first kappa shape index (κ1) is 14.5. The molecule has 0 radical (unpaired) electrons. The number of nitrogens with zero attached hydrogens (tertiary/aromatic N) is 1. The number of nitrogens with one attached hydrogen (secondary N) is 2. The molecule has 6 nitrogen and oxygen atoms in total. The van der Waals surface area contributed by atoms with Crippen molar-refractivity contribution in [3.05, 3.63) is 24.3 Å². The van der Waals surface area contributed by atoms with Gasteiger partial charge in [-0.3, -0.25) is 9.59 Å². The molecule has 2 N–H and O–H groups in total. The van der Waals surface area contributed by atoms with Gasteiger partial charge in [0.25, 0.3) is 5.91 Å². The lowest BCUT2D eigenvalue weighted by Crippen LogP contribution is -2.59. The van der Waals surface area contributed by atoms with Crippen LogP contribution >= 0.6 is 0 Å². The Morgan fingerprint density at radius 1 is 1.22 bits per heavy atom. The van der Waals surface area contributed by atoms with Crippen molar-refractivity contribution in [2.24, 2.45) is 0 Å². The van der Waals surface area contributed by atoms with Gasteiger partial charge in [-0.05, 0) is 37.8 Å². The van der Waals surface area contributed by atoms with Gasteiger partial charge >= 0.3 is 0 Å². The second-order valence-electron chi connectivity index (χ2n) is 6.53. The van der Waals surface area contributed by atoms with Crippen molar-refractivity contribution in [2.75, 3.05) is 30.3 Å². The summed E-state index contributed by atoms with van der Waals surface area (Å²) in [5.74, 6) is 0.0781. The third kappa shape index (κ3) is 2.47. The van der Waals surface area contributed by atoms with Crippen molar-refractivity contribution >= 4 is 23.2 Å². The van der Waals surface area contributed by atoms with E-state index in [1.54, 1.807) is 0 Å². The Morgan fingerprint density at radius 3 is 2.65 bits per heavy atom. The van der Waals surface area contributed by atoms with E-state index in [-0.39, 0.29) is 17.9 Å². The monoisotopic (exact) mass is 315 g/mol. The maximum Gasteiger partial charge on any atom is 0.251 e. The van der Waals surface area contributed by atoms with E-state index in [1.165, 1.54) is 0 Å². The molecule has 23 heavy (non-hydrogen) atoms. The van der Waals surface area contributed by atoms with Crippen LogP contribution in [0.15, 0.2) is 24.3 Å². The molecule has 2 amide bonds. The van der Waals surface area contributed by atoms with Gasteiger partial charge in [-0.1, -0.05) is 12.1 Å². The molecule has 122 valence electrons. The number of para-hydroxylation sites is 2. The Labute approximate surface area is 135 Å². The zero-order valence-corrected chi connectivity index (χ0v) is 13.0. The highest BCUT2D eigenvalue weighted by Crippen LogP contribution is 2.36. The lowest BCUT2D eigenvalue weighted by molar-refractivity contribution is -0.143. The predicted molar refractivity (Wildman–Crippen MR) is 86.2 cm³/mol. The normalized spacial score (nSPS) is 25.7. The molecule has 0 saturated carbocycles. The number of ether oxygens (including phenoxy) is 1. The van der Waals surface area contributed by atoms with Gasteiger partial charge in [-0.15, -0.1) is 0 Å². The molecule has 0 aliphatic carbocycles. The molecule has 1 spiro atoms. The first-order chi connectivity index (χ1) is 11.2. The number of benzene rings is 1. The summed E-state index contributed by atoms with van der Waals surface area (Å²) >= 11 is 0. The number of piperidine rings is 1. The summed E-state index contributed by atoms with van der Waals surface area (Å²) in [4.78, 5) is 26.8. The van der Waals surface area contributed by atoms with E-state index in [2.05, 4.69) is 10.6 Å². The number of fused-ring (bicyclic) bond motifs is 1. The molecule has 3 heterocycles. The summed E-state index contributed by atoms with van der Waals surface area (Å²) in [6.07, 6.45) is 2.72. The quantitative estimate of drug-likeness (QED) is 0.826. The number of amides is 2. The maximum absolute atomic E-state index is 12.6. The van der Waals surface area contributed by atoms with Gasteiger partial charge in [0, 0.05) is 19.7 Å². The molecule has 4 rings (SSSR count). The standard InChI is InChI=1S/C17H21N3O3/c21-15(14-6-3-11-23-14)20-9-7-17(8-10-20)16(22)18-12-4-1-2-5-13(12)19-17/h1-2,4-5,14,19H,3,6-11H2,(H,18,22)/t14-/m1/s1. The van der Waals surface area contributed by atoms with E-state index in [1.807, 2.05) is 29.2 Å². The Balaban J connectivity index is 1.46. The van der Waals surface area contributed by atoms with Crippen LogP contribution in [0.5, 0.6) is 0 Å². The smallest absolute Gasteiger partial charge is 0.251 e. The fourth-order valence-electron chi connectivity index (χ4n) is 3.69. The number of hydrogen-bond donors (Lipinski definition) is 2. The second-order valence-corrected chi connectivity index (χ2v) is 6.53. The van der Waals surface area contributed by atoms with E-state index < -0.39 is 5.54 Å². The van der Waals surface area contributed by atoms with E-state index in [0.29, 0.717) is 32.5 Å². The number of carbonyl (C=O) groups is 2. The number of likely N-dealkylation sites (tertiary alicyclic amines) is 1. The molecule has 1 aromatic rings. The van der Waals surface area contributed by atoms with Crippen LogP contribution in [0.25, 0.3) is 0 Å². The van der Waals surface area contributed by atoms with Crippen LogP contribution in [-0.2, 0) is 14.3 Å². The fourth-order valence-corrected chi connectivity index (χ4v) is 3.69. The highest BCUT2D eigenvalue weighted by atomic mass is 16.5. The highest BCUT2D eigenvalue weighted by Gasteiger charge is 2.45. The molecule has 3 aliphatic rings. The van der Waals surface area contributed by atoms with Crippen LogP contribution in [0, 0.1) is 0 Å². The minimum atomic E-state index is -0.609. The lowest BCUT2D eigenvalue weighted by atomic mass is 9.84. The van der Waals surface area contributed by atoms with Crippen molar-refractivity contribution in [2.45, 2.75) is 37.3 Å². The van der Waals surface area contributed by atoms with Crippen LogP contribution in [0.4, 0.5) is 11.4 Å². The molecule has 2 saturated heterocycles. The SMILES string of the molecule is O=C([C@H]1CCCO1)N1CCC2(CC1)Nc1ccccc1NC2=O. The molecule has 6 heteroatoms. The van der Waals surface area contributed by atoms with E-state index in [4.69, 9.17) is 4.74 Å². The highest BCUT2D eigenvalue weighted by molar-refractivity contribution is 6.06. The third-order valence-electron chi connectivity index (χ3n) is 5.12. The predicted octanol–water partition coefficient (Wildman–Crippen LogP) is 1.59. The number of hydrogen-bond acceptors (Lipinski definition) is 4. The van der Waals surface area contributed by atoms with Crippen LogP contribution < -0.4 is 10.6 Å². The minimum absolute atomic E-state index is 0.000385. The molecular weight excluding hydrogens is 294 g/mol. The molecule has 1 atom stereocenters. The Hall–Kier alpha value is -2.08. The van der Waals surface area contributed by atoms with E-state index in [9.17, 15) is 9.59 Å². The Bertz CT molecular complexity index is 632. The average Bonchev–Trinajstić information content (AvgIpc) is 3.11. The number of anilines is 2. The average molecular weight is 315 g/mol. The van der Waals surface area contributed by atoms with Crippen LogP contribution in [0.3, 0.4) is 0 Å². The third-order valence-corrected chi connectivity index (χ3v) is 5.12. The van der Waals surface area contributed by atoms with Crippen LogP contribution in [0.2, 0.25) is 0 Å². The summed E-state index contributed by atoms with van der Waals surface area (Å²) in [6.45, 7) is 1.84. The van der Waals surface area contributed by atoms with Crippen molar-refractivity contribution < 1.29 is 14.3 Å². The van der Waals surface area contributed by atoms with Crippen molar-refractivity contribution in [3.63, 3.8) is 0 Å². The van der Waals surface area contributed by atoms with E-state index in [0.717, 1.165) is 24.2 Å². The zero-order valence-electron chi connectivity index (χ0n) is 13.0. The van der Waals surface area contributed by atoms with Gasteiger partial charge in [0.1, 0.15) is 11.6 Å². The zero-order chi connectivity index (χ0) is 15.9. The molecule has 0 aromatic heterocycles. The Kier molecular flexibility index (Phi) is 3.49. The minimum Gasteiger partial charge on any atom is -0.369 e. The molecule has 3 aliphatic heterocycles. The van der Waals surface area contributed by atoms with Gasteiger partial charge in [0.15, 0.2) is 0 Å². The molecular formula is C17H21N3O3. The fraction of sp³-hybridized carbons (Fsp3) is 0.529. The summed E-state index contributed by atoms with van der Waals surface area (Å²) < 4.78 is 5.49. The van der Waals surface area contributed by atoms with Gasteiger partial charge in [-0.25, -0.2) is 0 Å². The van der Waals surface area contributed by atoms with Crippen molar-refractivity contribution in [1.29, 1.82) is 0 Å². The van der Waals surface area contributed by atoms with E-state index >= 15 is 0 Å².